The van der Waals surface area contributed by atoms with Crippen molar-refractivity contribution in [3.63, 3.8) is 0 Å². The molecule has 0 aromatic rings. The fourth-order valence-corrected chi connectivity index (χ4v) is 2.41. The van der Waals surface area contributed by atoms with Gasteiger partial charge >= 0.3 is 0 Å². The fraction of sp³-hybridized carbons (Fsp3) is 1.00. The van der Waals surface area contributed by atoms with Crippen LogP contribution in [0.25, 0.3) is 0 Å². The molecule has 0 rings (SSSR count). The van der Waals surface area contributed by atoms with Crippen LogP contribution in [0.5, 0.6) is 0 Å². The number of nitrogens with zero attached hydrogens (tertiary/aromatic N) is 1. The molecule has 0 aromatic heterocycles. The van der Waals surface area contributed by atoms with Gasteiger partial charge in [0.05, 0.1) is 12.7 Å². The number of nitrogens with one attached hydrogen (secondary N) is 1. The van der Waals surface area contributed by atoms with Crippen LogP contribution in [0.4, 0.5) is 0 Å². The first-order valence-electron chi connectivity index (χ1n) is 8.26. The van der Waals surface area contributed by atoms with Gasteiger partial charge < -0.3 is 10.1 Å². The second-order valence-corrected chi connectivity index (χ2v) is 7.43. The number of hydrogen-bond acceptors (Lipinski definition) is 3. The van der Waals surface area contributed by atoms with E-state index in [-0.39, 0.29) is 5.54 Å². The zero-order chi connectivity index (χ0) is 15.8. The normalized spacial score (nSPS) is 14.6. The van der Waals surface area contributed by atoms with Crippen molar-refractivity contribution in [3.05, 3.63) is 0 Å². The minimum absolute atomic E-state index is 0.221. The first-order valence-corrected chi connectivity index (χ1v) is 8.26. The molecule has 0 heterocycles. The van der Waals surface area contributed by atoms with Crippen molar-refractivity contribution in [1.29, 1.82) is 0 Å². The smallest absolute Gasteiger partial charge is 0.0597 e. The summed E-state index contributed by atoms with van der Waals surface area (Å²) in [7, 11) is 0. The van der Waals surface area contributed by atoms with Gasteiger partial charge in [0.15, 0.2) is 0 Å². The Morgan fingerprint density at radius 2 is 1.55 bits per heavy atom. The lowest BCUT2D eigenvalue weighted by atomic mass is 10.1. The van der Waals surface area contributed by atoms with Gasteiger partial charge in [0.2, 0.25) is 0 Å². The van der Waals surface area contributed by atoms with Crippen molar-refractivity contribution in [2.24, 2.45) is 0 Å². The monoisotopic (exact) mass is 286 g/mol. The van der Waals surface area contributed by atoms with Crippen LogP contribution >= 0.6 is 0 Å². The van der Waals surface area contributed by atoms with Gasteiger partial charge in [-0.15, -0.1) is 0 Å². The molecule has 0 aliphatic rings. The van der Waals surface area contributed by atoms with Gasteiger partial charge in [0.25, 0.3) is 0 Å². The van der Waals surface area contributed by atoms with Crippen molar-refractivity contribution in [2.45, 2.75) is 92.0 Å². The van der Waals surface area contributed by atoms with Crippen LogP contribution in [0.15, 0.2) is 0 Å². The summed E-state index contributed by atoms with van der Waals surface area (Å²) in [5, 5.41) is 3.52. The van der Waals surface area contributed by atoms with E-state index in [0.717, 1.165) is 26.1 Å². The van der Waals surface area contributed by atoms with E-state index in [0.29, 0.717) is 18.2 Å². The molecule has 0 bridgehead atoms. The SMILES string of the molecule is CC(CCCNC(C)(C)C)OCCN(C(C)C)C(C)C. The molecule has 0 saturated heterocycles. The van der Waals surface area contributed by atoms with Gasteiger partial charge in [-0.05, 0) is 74.8 Å². The van der Waals surface area contributed by atoms with E-state index < -0.39 is 0 Å². The molecular formula is C17H38N2O. The van der Waals surface area contributed by atoms with E-state index in [1.165, 1.54) is 6.42 Å². The summed E-state index contributed by atoms with van der Waals surface area (Å²) in [6.07, 6.45) is 2.67. The topological polar surface area (TPSA) is 24.5 Å². The zero-order valence-corrected chi connectivity index (χ0v) is 15.1. The third kappa shape index (κ3) is 10.6. The van der Waals surface area contributed by atoms with Crippen LogP contribution in [-0.2, 0) is 4.74 Å². The summed E-state index contributed by atoms with van der Waals surface area (Å²) >= 11 is 0. The molecule has 0 aromatic carbocycles. The summed E-state index contributed by atoms with van der Waals surface area (Å²) in [5.41, 5.74) is 0.221. The van der Waals surface area contributed by atoms with Gasteiger partial charge in [-0.3, -0.25) is 4.90 Å². The summed E-state index contributed by atoms with van der Waals surface area (Å²) in [4.78, 5) is 2.48. The lowest BCUT2D eigenvalue weighted by Crippen LogP contribution is -2.39. The van der Waals surface area contributed by atoms with Crippen LogP contribution in [-0.4, -0.2) is 48.3 Å². The lowest BCUT2D eigenvalue weighted by molar-refractivity contribution is 0.0297. The summed E-state index contributed by atoms with van der Waals surface area (Å²) in [6, 6.07) is 1.18. The Balaban J connectivity index is 3.70. The highest BCUT2D eigenvalue weighted by atomic mass is 16.5. The van der Waals surface area contributed by atoms with E-state index in [1.54, 1.807) is 0 Å². The predicted octanol–water partition coefficient (Wildman–Crippen LogP) is 3.68. The first-order chi connectivity index (χ1) is 9.13. The Morgan fingerprint density at radius 1 is 1.00 bits per heavy atom. The van der Waals surface area contributed by atoms with Gasteiger partial charge in [-0.1, -0.05) is 0 Å². The molecule has 1 N–H and O–H groups in total. The summed E-state index contributed by atoms with van der Waals surface area (Å²) in [6.45, 7) is 20.8. The van der Waals surface area contributed by atoms with Crippen molar-refractivity contribution >= 4 is 0 Å². The Morgan fingerprint density at radius 3 is 2.00 bits per heavy atom. The average molecular weight is 287 g/mol. The largest absolute Gasteiger partial charge is 0.377 e. The zero-order valence-electron chi connectivity index (χ0n) is 15.1. The van der Waals surface area contributed by atoms with Crippen molar-refractivity contribution in [2.75, 3.05) is 19.7 Å². The predicted molar refractivity (Wildman–Crippen MR) is 89.4 cm³/mol. The van der Waals surface area contributed by atoms with Gasteiger partial charge in [-0.2, -0.15) is 0 Å². The molecule has 122 valence electrons. The minimum Gasteiger partial charge on any atom is -0.377 e. The Hall–Kier alpha value is -0.120. The van der Waals surface area contributed by atoms with Crippen LogP contribution in [0, 0.1) is 0 Å². The first kappa shape index (κ1) is 19.9. The van der Waals surface area contributed by atoms with Gasteiger partial charge in [0.1, 0.15) is 0 Å². The van der Waals surface area contributed by atoms with Crippen LogP contribution < -0.4 is 5.32 Å². The van der Waals surface area contributed by atoms with Gasteiger partial charge in [-0.25, -0.2) is 0 Å². The minimum atomic E-state index is 0.221. The fourth-order valence-electron chi connectivity index (χ4n) is 2.41. The van der Waals surface area contributed by atoms with Crippen molar-refractivity contribution in [3.8, 4) is 0 Å². The van der Waals surface area contributed by atoms with Gasteiger partial charge in [0, 0.05) is 24.2 Å². The van der Waals surface area contributed by atoms with E-state index in [4.69, 9.17) is 4.74 Å². The second kappa shape index (κ2) is 9.75. The molecule has 1 atom stereocenters. The number of hydrogen-bond donors (Lipinski definition) is 1. The molecule has 3 nitrogen and oxygen atoms in total. The molecule has 0 aliphatic heterocycles. The number of rotatable bonds is 10. The van der Waals surface area contributed by atoms with E-state index in [1.807, 2.05) is 0 Å². The maximum atomic E-state index is 5.94. The molecule has 0 fully saturated rings. The molecule has 0 aliphatic carbocycles. The Labute approximate surface area is 127 Å². The molecule has 3 heteroatoms. The van der Waals surface area contributed by atoms with Crippen LogP contribution in [0.3, 0.4) is 0 Å². The number of ether oxygens (including phenoxy) is 1. The maximum absolute atomic E-state index is 5.94. The maximum Gasteiger partial charge on any atom is 0.0597 e. The summed E-state index contributed by atoms with van der Waals surface area (Å²) < 4.78 is 5.94. The van der Waals surface area contributed by atoms with E-state index >= 15 is 0 Å². The van der Waals surface area contributed by atoms with Crippen LogP contribution in [0.1, 0.15) is 68.2 Å². The Kier molecular flexibility index (Phi) is 9.69. The molecule has 0 amide bonds. The third-order valence-corrected chi connectivity index (χ3v) is 3.52. The molecule has 0 radical (unpaired) electrons. The molecule has 0 saturated carbocycles. The molecule has 1 unspecified atom stereocenters. The third-order valence-electron chi connectivity index (χ3n) is 3.52. The molecule has 20 heavy (non-hydrogen) atoms. The van der Waals surface area contributed by atoms with E-state index in [9.17, 15) is 0 Å². The standard InChI is InChI=1S/C17H38N2O/c1-14(2)19(15(3)4)12-13-20-16(5)10-9-11-18-17(6,7)8/h14-16,18H,9-13H2,1-8H3. The molecular weight excluding hydrogens is 248 g/mol. The average Bonchev–Trinajstić information content (AvgIpc) is 2.28. The summed E-state index contributed by atoms with van der Waals surface area (Å²) in [5.74, 6) is 0. The second-order valence-electron chi connectivity index (χ2n) is 7.43. The highest BCUT2D eigenvalue weighted by Gasteiger charge is 2.13. The van der Waals surface area contributed by atoms with E-state index in [2.05, 4.69) is 65.6 Å². The highest BCUT2D eigenvalue weighted by Crippen LogP contribution is 2.07. The van der Waals surface area contributed by atoms with Crippen LogP contribution in [0.2, 0.25) is 0 Å². The highest BCUT2D eigenvalue weighted by molar-refractivity contribution is 4.70. The quantitative estimate of drug-likeness (QED) is 0.620. The van der Waals surface area contributed by atoms with Crippen molar-refractivity contribution in [1.82, 2.24) is 10.2 Å². The Bertz CT molecular complexity index is 226. The van der Waals surface area contributed by atoms with Crippen molar-refractivity contribution < 1.29 is 4.74 Å². The lowest BCUT2D eigenvalue weighted by Gasteiger charge is -2.30. The molecule has 0 spiro atoms.